The molecule has 0 aliphatic heterocycles. The molecule has 4 rings (SSSR count). The highest BCUT2D eigenvalue weighted by atomic mass is 16.2. The number of fused-ring (bicyclic) bond motifs is 1. The van der Waals surface area contributed by atoms with E-state index < -0.39 is 0 Å². The van der Waals surface area contributed by atoms with Crippen LogP contribution in [-0.4, -0.2) is 26.2 Å². The van der Waals surface area contributed by atoms with Gasteiger partial charge in [0, 0.05) is 18.1 Å². The van der Waals surface area contributed by atoms with Crippen molar-refractivity contribution in [1.29, 1.82) is 0 Å². The number of carbonyl (C=O) groups is 2. The molecule has 0 unspecified atom stereocenters. The Morgan fingerprint density at radius 2 is 1.83 bits per heavy atom. The third kappa shape index (κ3) is 3.91. The quantitative estimate of drug-likeness (QED) is 0.537. The van der Waals surface area contributed by atoms with Crippen LogP contribution >= 0.6 is 0 Å². The number of hydrogen-bond acceptors (Lipinski definition) is 4. The lowest BCUT2D eigenvalue weighted by Crippen LogP contribution is -2.25. The monoisotopic (exact) mass is 399 g/mol. The molecule has 0 saturated heterocycles. The Balaban J connectivity index is 1.61. The topological polar surface area (TPSA) is 88.4 Å². The number of anilines is 1. The van der Waals surface area contributed by atoms with Crippen LogP contribution in [0.2, 0.25) is 0 Å². The zero-order chi connectivity index (χ0) is 21.1. The third-order valence-electron chi connectivity index (χ3n) is 4.75. The lowest BCUT2D eigenvalue weighted by atomic mass is 10.1. The van der Waals surface area contributed by atoms with Crippen LogP contribution in [-0.2, 0) is 6.54 Å². The lowest BCUT2D eigenvalue weighted by Gasteiger charge is -2.08. The Morgan fingerprint density at radius 1 is 1.00 bits per heavy atom. The molecule has 7 heteroatoms. The van der Waals surface area contributed by atoms with Gasteiger partial charge >= 0.3 is 0 Å². The third-order valence-corrected chi connectivity index (χ3v) is 4.75. The Morgan fingerprint density at radius 3 is 2.60 bits per heavy atom. The molecule has 7 nitrogen and oxygen atoms in total. The molecule has 0 fully saturated rings. The molecule has 2 amide bonds. The number of benzene rings is 1. The minimum absolute atomic E-state index is 0.146. The summed E-state index contributed by atoms with van der Waals surface area (Å²) >= 11 is 0. The van der Waals surface area contributed by atoms with Crippen molar-refractivity contribution in [2.24, 2.45) is 0 Å². The molecule has 4 aromatic rings. The van der Waals surface area contributed by atoms with Crippen molar-refractivity contribution < 1.29 is 9.59 Å². The average Bonchev–Trinajstić information content (AvgIpc) is 3.15. The number of hydrogen-bond donors (Lipinski definition) is 2. The predicted molar refractivity (Wildman–Crippen MR) is 114 cm³/mol. The van der Waals surface area contributed by atoms with Crippen molar-refractivity contribution >= 4 is 23.0 Å². The molecule has 1 aromatic carbocycles. The molecular formula is C23H21N5O2. The second-order valence-corrected chi connectivity index (χ2v) is 7.02. The van der Waals surface area contributed by atoms with Crippen LogP contribution in [0.5, 0.6) is 0 Å². The van der Waals surface area contributed by atoms with Gasteiger partial charge in [-0.3, -0.25) is 19.0 Å². The van der Waals surface area contributed by atoms with E-state index in [2.05, 4.69) is 20.6 Å². The Kier molecular flexibility index (Phi) is 5.26. The summed E-state index contributed by atoms with van der Waals surface area (Å²) in [5.41, 5.74) is 4.27. The highest BCUT2D eigenvalue weighted by Gasteiger charge is 2.21. The SMILES string of the molecule is Cc1ccc(NC(=O)c2nc(C(=O)NCc3ccccn3)n3ccccc23)c(C)c1. The first-order valence-electron chi connectivity index (χ1n) is 9.57. The molecule has 0 atom stereocenters. The highest BCUT2D eigenvalue weighted by Crippen LogP contribution is 2.19. The summed E-state index contributed by atoms with van der Waals surface area (Å²) in [6, 6.07) is 16.6. The Hall–Kier alpha value is -4.00. The molecule has 0 saturated carbocycles. The van der Waals surface area contributed by atoms with E-state index in [9.17, 15) is 9.59 Å². The predicted octanol–water partition coefficient (Wildman–Crippen LogP) is 3.53. The standard InChI is InChI=1S/C23H21N5O2/c1-15-9-10-18(16(2)13-15)26-22(29)20-19-8-4-6-12-28(19)21(27-20)23(30)25-14-17-7-3-5-11-24-17/h3-13H,14H2,1-2H3,(H,25,30)(H,26,29). The van der Waals surface area contributed by atoms with Crippen LogP contribution in [0.15, 0.2) is 67.0 Å². The van der Waals surface area contributed by atoms with Gasteiger partial charge in [0.15, 0.2) is 5.69 Å². The summed E-state index contributed by atoms with van der Waals surface area (Å²) in [6.07, 6.45) is 3.38. The number of aromatic nitrogens is 3. The van der Waals surface area contributed by atoms with Gasteiger partial charge in [0.05, 0.1) is 17.8 Å². The number of aryl methyl sites for hydroxylation is 2. The van der Waals surface area contributed by atoms with Gasteiger partial charge in [0.25, 0.3) is 11.8 Å². The van der Waals surface area contributed by atoms with Crippen molar-refractivity contribution in [2.75, 3.05) is 5.32 Å². The summed E-state index contributed by atoms with van der Waals surface area (Å²) in [4.78, 5) is 34.3. The van der Waals surface area contributed by atoms with Crippen LogP contribution in [0, 0.1) is 13.8 Å². The summed E-state index contributed by atoms with van der Waals surface area (Å²) in [5.74, 6) is -0.603. The van der Waals surface area contributed by atoms with Crippen LogP contribution in [0.25, 0.3) is 5.52 Å². The summed E-state index contributed by atoms with van der Waals surface area (Å²) in [7, 11) is 0. The number of rotatable bonds is 5. The van der Waals surface area contributed by atoms with Gasteiger partial charge in [0.1, 0.15) is 0 Å². The fourth-order valence-corrected chi connectivity index (χ4v) is 3.25. The number of imidazole rings is 1. The maximum absolute atomic E-state index is 13.0. The number of carbonyl (C=O) groups excluding carboxylic acids is 2. The summed E-state index contributed by atoms with van der Waals surface area (Å²) < 4.78 is 1.62. The van der Waals surface area contributed by atoms with E-state index in [0.717, 1.165) is 16.8 Å². The van der Waals surface area contributed by atoms with Crippen molar-refractivity contribution in [1.82, 2.24) is 19.7 Å². The summed E-state index contributed by atoms with van der Waals surface area (Å²) in [6.45, 7) is 4.20. The fraction of sp³-hybridized carbons (Fsp3) is 0.130. The van der Waals surface area contributed by atoms with Crippen LogP contribution in [0.4, 0.5) is 5.69 Å². The van der Waals surface area contributed by atoms with Crippen LogP contribution in [0.1, 0.15) is 37.9 Å². The van der Waals surface area contributed by atoms with Crippen molar-refractivity contribution in [3.05, 3.63) is 95.3 Å². The number of nitrogens with zero attached hydrogens (tertiary/aromatic N) is 3. The van der Waals surface area contributed by atoms with E-state index in [-0.39, 0.29) is 29.9 Å². The number of amides is 2. The molecule has 0 aliphatic rings. The van der Waals surface area contributed by atoms with E-state index >= 15 is 0 Å². The molecule has 0 bridgehead atoms. The average molecular weight is 399 g/mol. The first kappa shape index (κ1) is 19.3. The van der Waals surface area contributed by atoms with Gasteiger partial charge in [-0.2, -0.15) is 0 Å². The summed E-state index contributed by atoms with van der Waals surface area (Å²) in [5, 5.41) is 5.71. The van der Waals surface area contributed by atoms with E-state index in [1.807, 2.05) is 50.2 Å². The van der Waals surface area contributed by atoms with Crippen molar-refractivity contribution in [3.8, 4) is 0 Å². The van der Waals surface area contributed by atoms with Gasteiger partial charge < -0.3 is 10.6 Å². The lowest BCUT2D eigenvalue weighted by molar-refractivity contribution is 0.0939. The highest BCUT2D eigenvalue weighted by molar-refractivity contribution is 6.09. The Bertz CT molecular complexity index is 1230. The minimum Gasteiger partial charge on any atom is -0.344 e. The smallest absolute Gasteiger partial charge is 0.288 e. The van der Waals surface area contributed by atoms with Gasteiger partial charge in [0.2, 0.25) is 5.82 Å². The second kappa shape index (κ2) is 8.16. The molecule has 3 heterocycles. The van der Waals surface area contributed by atoms with Crippen molar-refractivity contribution in [2.45, 2.75) is 20.4 Å². The molecular weight excluding hydrogens is 378 g/mol. The van der Waals surface area contributed by atoms with Crippen LogP contribution in [0.3, 0.4) is 0 Å². The normalized spacial score (nSPS) is 10.7. The largest absolute Gasteiger partial charge is 0.344 e. The van der Waals surface area contributed by atoms with Gasteiger partial charge in [-0.25, -0.2) is 4.98 Å². The molecule has 0 spiro atoms. The minimum atomic E-state index is -0.382. The van der Waals surface area contributed by atoms with Crippen molar-refractivity contribution in [3.63, 3.8) is 0 Å². The zero-order valence-electron chi connectivity index (χ0n) is 16.7. The zero-order valence-corrected chi connectivity index (χ0v) is 16.7. The molecule has 2 N–H and O–H groups in total. The number of nitrogens with one attached hydrogen (secondary N) is 2. The molecule has 150 valence electrons. The van der Waals surface area contributed by atoms with E-state index in [0.29, 0.717) is 11.2 Å². The first-order chi connectivity index (χ1) is 14.5. The van der Waals surface area contributed by atoms with Gasteiger partial charge in [-0.15, -0.1) is 0 Å². The fourth-order valence-electron chi connectivity index (χ4n) is 3.25. The Labute approximate surface area is 173 Å². The molecule has 30 heavy (non-hydrogen) atoms. The maximum atomic E-state index is 13.0. The van der Waals surface area contributed by atoms with E-state index in [1.165, 1.54) is 0 Å². The van der Waals surface area contributed by atoms with E-state index in [1.54, 1.807) is 35.0 Å². The second-order valence-electron chi connectivity index (χ2n) is 7.02. The van der Waals surface area contributed by atoms with Crippen LogP contribution < -0.4 is 10.6 Å². The van der Waals surface area contributed by atoms with Gasteiger partial charge in [-0.05, 0) is 49.7 Å². The first-order valence-corrected chi connectivity index (χ1v) is 9.57. The maximum Gasteiger partial charge on any atom is 0.288 e. The van der Waals surface area contributed by atoms with Gasteiger partial charge in [-0.1, -0.05) is 29.8 Å². The molecule has 0 aliphatic carbocycles. The number of pyridine rings is 2. The molecule has 0 radical (unpaired) electrons. The molecule has 3 aromatic heterocycles. The van der Waals surface area contributed by atoms with E-state index in [4.69, 9.17) is 0 Å².